The fraction of sp³-hybridized carbons (Fsp3) is 0.441. The van der Waals surface area contributed by atoms with Gasteiger partial charge in [-0.15, -0.1) is 0 Å². The molecule has 0 radical (unpaired) electrons. The Morgan fingerprint density at radius 3 is 2.38 bits per heavy atom. The minimum Gasteiger partial charge on any atom is -0.375 e. The average Bonchev–Trinajstić information content (AvgIpc) is 3.00. The Kier molecular flexibility index (Phi) is 10.3. The minimum atomic E-state index is -3.78. The number of nitrogens with zero attached hydrogens (tertiary/aromatic N) is 1. The normalized spacial score (nSPS) is 26.7. The van der Waals surface area contributed by atoms with Gasteiger partial charge in [-0.1, -0.05) is 48.0 Å². The summed E-state index contributed by atoms with van der Waals surface area (Å²) in [6, 6.07) is 18.6. The topological polar surface area (TPSA) is 114 Å². The van der Waals surface area contributed by atoms with E-state index in [1.807, 2.05) is 32.9 Å². The Hall–Kier alpha value is -2.86. The zero-order valence-electron chi connectivity index (χ0n) is 25.9. The van der Waals surface area contributed by atoms with E-state index >= 15 is 4.39 Å². The number of sulfonamides is 1. The summed E-state index contributed by atoms with van der Waals surface area (Å²) in [5.41, 5.74) is 7.61. The second-order valence-corrected chi connectivity index (χ2v) is 14.7. The molecule has 0 unspecified atom stereocenters. The van der Waals surface area contributed by atoms with Crippen LogP contribution >= 0.6 is 11.6 Å². The maximum atomic E-state index is 15.4. The third-order valence-electron chi connectivity index (χ3n) is 9.10. The Morgan fingerprint density at radius 2 is 1.71 bits per heavy atom. The van der Waals surface area contributed by atoms with Crippen molar-refractivity contribution >= 4 is 33.2 Å². The van der Waals surface area contributed by atoms with Crippen molar-refractivity contribution in [3.05, 3.63) is 94.8 Å². The molecule has 0 saturated carbocycles. The van der Waals surface area contributed by atoms with Gasteiger partial charge in [0.2, 0.25) is 15.9 Å². The molecule has 1 amide bonds. The van der Waals surface area contributed by atoms with Crippen LogP contribution in [0.25, 0.3) is 0 Å². The molecule has 3 aromatic rings. The summed E-state index contributed by atoms with van der Waals surface area (Å²) in [7, 11) is -3.78. The molecule has 242 valence electrons. The van der Waals surface area contributed by atoms with Crippen molar-refractivity contribution in [3.8, 4) is 0 Å². The number of carbonyl (C=O) groups is 1. The van der Waals surface area contributed by atoms with Crippen LogP contribution in [-0.2, 0) is 31.4 Å². The van der Waals surface area contributed by atoms with Gasteiger partial charge in [-0.2, -0.15) is 4.31 Å². The molecule has 45 heavy (non-hydrogen) atoms. The van der Waals surface area contributed by atoms with Crippen LogP contribution in [0.2, 0.25) is 5.02 Å². The van der Waals surface area contributed by atoms with Crippen molar-refractivity contribution in [1.82, 2.24) is 9.62 Å². The van der Waals surface area contributed by atoms with Crippen LogP contribution in [-0.4, -0.2) is 62.1 Å². The zero-order valence-corrected chi connectivity index (χ0v) is 27.5. The lowest BCUT2D eigenvalue weighted by Crippen LogP contribution is -2.58. The predicted molar refractivity (Wildman–Crippen MR) is 175 cm³/mol. The van der Waals surface area contributed by atoms with Crippen LogP contribution in [0.3, 0.4) is 0 Å². The summed E-state index contributed by atoms with van der Waals surface area (Å²) in [6.07, 6.45) is 1.36. The molecule has 2 saturated heterocycles. The van der Waals surface area contributed by atoms with Crippen molar-refractivity contribution in [2.75, 3.05) is 18.4 Å². The average molecular weight is 657 g/mol. The summed E-state index contributed by atoms with van der Waals surface area (Å²) < 4.78 is 50.3. The Balaban J connectivity index is 1.39. The number of nitrogens with two attached hydrogens (primary N) is 1. The number of nitrogens with one attached hydrogen (secondary N) is 2. The standard InChI is InChI=1S/C34H42ClFN4O4S/c1-22-20-38-21-27(40(22)45(42,43)28-8-5-4-6-9-28)16-17-29-30(36)10-7-11-31(29)39-33(41)32(37)34(18-23(2)44-24(3)19-34)25-12-14-26(35)15-13-25/h4-15,22-24,27,32,38H,16-21,37H2,1-3H3,(H,39,41)/t22-,23-,24+,27+,32-,34+/m1/s1. The van der Waals surface area contributed by atoms with Crippen LogP contribution in [0.1, 0.15) is 51.2 Å². The van der Waals surface area contributed by atoms with Gasteiger partial charge in [-0.05, 0) is 88.4 Å². The Bertz CT molecular complexity index is 1580. The first-order valence-corrected chi connectivity index (χ1v) is 17.3. The lowest BCUT2D eigenvalue weighted by atomic mass is 9.66. The third kappa shape index (κ3) is 7.11. The van der Waals surface area contributed by atoms with E-state index in [1.54, 1.807) is 54.6 Å². The van der Waals surface area contributed by atoms with Crippen LogP contribution in [0.15, 0.2) is 77.7 Å². The molecule has 3 aromatic carbocycles. The number of hydrogen-bond acceptors (Lipinski definition) is 6. The van der Waals surface area contributed by atoms with E-state index in [4.69, 9.17) is 22.1 Å². The number of benzene rings is 3. The number of halogens is 2. The van der Waals surface area contributed by atoms with Gasteiger partial charge in [0.05, 0.1) is 23.1 Å². The molecule has 2 aliphatic rings. The number of piperazine rings is 1. The summed E-state index contributed by atoms with van der Waals surface area (Å²) in [5, 5.41) is 6.83. The second kappa shape index (κ2) is 13.9. The van der Waals surface area contributed by atoms with Crippen LogP contribution in [0.4, 0.5) is 10.1 Å². The number of amides is 1. The van der Waals surface area contributed by atoms with Crippen molar-refractivity contribution in [3.63, 3.8) is 0 Å². The van der Waals surface area contributed by atoms with Gasteiger partial charge < -0.3 is 21.1 Å². The molecule has 2 heterocycles. The monoisotopic (exact) mass is 656 g/mol. The summed E-state index contributed by atoms with van der Waals surface area (Å²) >= 11 is 6.18. The zero-order chi connectivity index (χ0) is 32.4. The number of carbonyl (C=O) groups excluding carboxylic acids is 1. The van der Waals surface area contributed by atoms with E-state index in [1.165, 1.54) is 10.4 Å². The molecule has 0 bridgehead atoms. The van der Waals surface area contributed by atoms with E-state index in [0.29, 0.717) is 48.6 Å². The molecule has 2 fully saturated rings. The SMILES string of the molecule is C[C@@H]1C[C@](c2ccc(Cl)cc2)([C@H](N)C(=O)Nc2cccc(F)c2CC[C@H]2CNC[C@@H](C)N2S(=O)(=O)c2ccccc2)C[C@H](C)O1. The largest absolute Gasteiger partial charge is 0.375 e. The van der Waals surface area contributed by atoms with Gasteiger partial charge in [0.1, 0.15) is 5.82 Å². The van der Waals surface area contributed by atoms with Crippen molar-refractivity contribution in [1.29, 1.82) is 0 Å². The maximum Gasteiger partial charge on any atom is 0.243 e. The number of hydrogen-bond donors (Lipinski definition) is 3. The van der Waals surface area contributed by atoms with Gasteiger partial charge in [0.25, 0.3) is 0 Å². The summed E-state index contributed by atoms with van der Waals surface area (Å²) in [6.45, 7) is 6.75. The molecular weight excluding hydrogens is 615 g/mol. The van der Waals surface area contributed by atoms with Gasteiger partial charge in [0, 0.05) is 46.9 Å². The van der Waals surface area contributed by atoms with Crippen molar-refractivity contribution in [2.45, 2.75) is 87.1 Å². The number of anilines is 1. The van der Waals surface area contributed by atoms with Gasteiger partial charge in [-0.25, -0.2) is 12.8 Å². The molecule has 0 aromatic heterocycles. The first-order valence-electron chi connectivity index (χ1n) is 15.5. The summed E-state index contributed by atoms with van der Waals surface area (Å²) in [4.78, 5) is 14.1. The first-order chi connectivity index (χ1) is 21.4. The van der Waals surface area contributed by atoms with Gasteiger partial charge in [-0.3, -0.25) is 4.79 Å². The highest BCUT2D eigenvalue weighted by Crippen LogP contribution is 2.43. The summed E-state index contributed by atoms with van der Waals surface area (Å²) in [5.74, 6) is -0.907. The van der Waals surface area contributed by atoms with E-state index in [0.717, 1.165) is 5.56 Å². The molecule has 5 rings (SSSR count). The second-order valence-electron chi connectivity index (χ2n) is 12.4. The first kappa shape index (κ1) is 33.5. The van der Waals surface area contributed by atoms with E-state index in [2.05, 4.69) is 10.6 Å². The van der Waals surface area contributed by atoms with Crippen molar-refractivity contribution < 1.29 is 22.3 Å². The fourth-order valence-corrected chi connectivity index (χ4v) is 9.12. The highest BCUT2D eigenvalue weighted by molar-refractivity contribution is 7.89. The molecule has 4 N–H and O–H groups in total. The highest BCUT2D eigenvalue weighted by Gasteiger charge is 2.47. The fourth-order valence-electron chi connectivity index (χ4n) is 7.13. The highest BCUT2D eigenvalue weighted by atomic mass is 35.5. The Morgan fingerprint density at radius 1 is 1.04 bits per heavy atom. The maximum absolute atomic E-state index is 15.4. The minimum absolute atomic E-state index is 0.130. The van der Waals surface area contributed by atoms with Crippen LogP contribution < -0.4 is 16.4 Å². The van der Waals surface area contributed by atoms with E-state index in [9.17, 15) is 13.2 Å². The van der Waals surface area contributed by atoms with Crippen LogP contribution in [0.5, 0.6) is 0 Å². The van der Waals surface area contributed by atoms with E-state index in [-0.39, 0.29) is 29.6 Å². The quantitative estimate of drug-likeness (QED) is 0.290. The Labute approximate surface area is 270 Å². The molecule has 11 heteroatoms. The smallest absolute Gasteiger partial charge is 0.243 e. The lowest BCUT2D eigenvalue weighted by Gasteiger charge is -2.46. The lowest BCUT2D eigenvalue weighted by molar-refractivity contribution is -0.122. The predicted octanol–water partition coefficient (Wildman–Crippen LogP) is 5.25. The van der Waals surface area contributed by atoms with Crippen molar-refractivity contribution in [2.24, 2.45) is 5.73 Å². The molecule has 2 aliphatic heterocycles. The van der Waals surface area contributed by atoms with E-state index < -0.39 is 39.2 Å². The van der Waals surface area contributed by atoms with Crippen LogP contribution in [0, 0.1) is 5.82 Å². The number of rotatable bonds is 9. The number of ether oxygens (including phenoxy) is 1. The van der Waals surface area contributed by atoms with Gasteiger partial charge in [0.15, 0.2) is 0 Å². The molecular formula is C34H42ClFN4O4S. The molecule has 6 atom stereocenters. The van der Waals surface area contributed by atoms with Gasteiger partial charge >= 0.3 is 0 Å². The third-order valence-corrected chi connectivity index (χ3v) is 11.4. The molecule has 0 aliphatic carbocycles. The molecule has 8 nitrogen and oxygen atoms in total. The molecule has 0 spiro atoms.